The molecule has 0 radical (unpaired) electrons. The van der Waals surface area contributed by atoms with E-state index in [1.165, 1.54) is 6.26 Å². The molecule has 0 bridgehead atoms. The van der Waals surface area contributed by atoms with Crippen molar-refractivity contribution in [2.45, 2.75) is 6.42 Å². The normalized spacial score (nSPS) is 27.4. The summed E-state index contributed by atoms with van der Waals surface area (Å²) in [6.45, 7) is 3.95. The summed E-state index contributed by atoms with van der Waals surface area (Å²) in [6.07, 6.45) is 4.21. The van der Waals surface area contributed by atoms with E-state index in [0.717, 1.165) is 38.5 Å². The van der Waals surface area contributed by atoms with Crippen LogP contribution >= 0.6 is 12.4 Å². The summed E-state index contributed by atoms with van der Waals surface area (Å²) < 4.78 is 4.95. The van der Waals surface area contributed by atoms with Gasteiger partial charge in [0.1, 0.15) is 6.26 Å². The van der Waals surface area contributed by atoms with E-state index in [-0.39, 0.29) is 18.3 Å². The molecule has 0 saturated carbocycles. The Kier molecular flexibility index (Phi) is 3.74. The Morgan fingerprint density at radius 2 is 2.24 bits per heavy atom. The molecule has 2 saturated heterocycles. The molecule has 3 heterocycles. The number of hydrogen-bond acceptors (Lipinski definition) is 3. The largest absolute Gasteiger partial charge is 0.472 e. The third-order valence-corrected chi connectivity index (χ3v) is 3.76. The Morgan fingerprint density at radius 3 is 3.00 bits per heavy atom. The number of carbonyl (C=O) groups is 1. The molecule has 2 unspecified atom stereocenters. The van der Waals surface area contributed by atoms with Gasteiger partial charge in [-0.25, -0.2) is 0 Å². The summed E-state index contributed by atoms with van der Waals surface area (Å²) in [6, 6.07) is 1.74. The third-order valence-electron chi connectivity index (χ3n) is 3.76. The number of piperidine rings is 1. The van der Waals surface area contributed by atoms with Gasteiger partial charge in [0.25, 0.3) is 5.91 Å². The molecule has 2 aliphatic rings. The second kappa shape index (κ2) is 5.10. The van der Waals surface area contributed by atoms with Crippen LogP contribution in [0.1, 0.15) is 16.8 Å². The van der Waals surface area contributed by atoms with Crippen molar-refractivity contribution in [2.75, 3.05) is 26.2 Å². The van der Waals surface area contributed by atoms with Crippen LogP contribution in [0.3, 0.4) is 0 Å². The van der Waals surface area contributed by atoms with E-state index in [0.29, 0.717) is 11.5 Å². The van der Waals surface area contributed by atoms with E-state index < -0.39 is 0 Å². The fraction of sp³-hybridized carbons (Fsp3) is 0.583. The van der Waals surface area contributed by atoms with E-state index in [4.69, 9.17) is 4.42 Å². The molecule has 1 aromatic rings. The molecule has 0 aliphatic carbocycles. The van der Waals surface area contributed by atoms with E-state index in [2.05, 4.69) is 5.32 Å². The Balaban J connectivity index is 0.00000108. The first-order chi connectivity index (χ1) is 7.84. The zero-order valence-electron chi connectivity index (χ0n) is 9.59. The van der Waals surface area contributed by atoms with Gasteiger partial charge in [-0.15, -0.1) is 12.4 Å². The minimum atomic E-state index is 0. The molecule has 2 aliphatic heterocycles. The summed E-state index contributed by atoms with van der Waals surface area (Å²) in [5.74, 6) is 1.53. The molecule has 2 fully saturated rings. The highest BCUT2D eigenvalue weighted by Gasteiger charge is 2.34. The predicted octanol–water partition coefficient (Wildman–Crippen LogP) is 1.38. The molecule has 1 aromatic heterocycles. The number of hydrogen-bond donors (Lipinski definition) is 1. The van der Waals surface area contributed by atoms with E-state index >= 15 is 0 Å². The number of carbonyl (C=O) groups excluding carboxylic acids is 1. The van der Waals surface area contributed by atoms with Crippen LogP contribution in [0.4, 0.5) is 0 Å². The van der Waals surface area contributed by atoms with Gasteiger partial charge in [-0.05, 0) is 37.4 Å². The van der Waals surface area contributed by atoms with Crippen molar-refractivity contribution in [3.63, 3.8) is 0 Å². The van der Waals surface area contributed by atoms with Gasteiger partial charge in [-0.3, -0.25) is 4.79 Å². The predicted molar refractivity (Wildman–Crippen MR) is 66.3 cm³/mol. The molecule has 94 valence electrons. The summed E-state index contributed by atoms with van der Waals surface area (Å²) in [7, 11) is 0. The molecule has 3 rings (SSSR count). The number of nitrogens with one attached hydrogen (secondary N) is 1. The Hall–Kier alpha value is -1.00. The highest BCUT2D eigenvalue weighted by molar-refractivity contribution is 5.93. The molecule has 4 nitrogen and oxygen atoms in total. The zero-order valence-corrected chi connectivity index (χ0v) is 10.4. The second-order valence-electron chi connectivity index (χ2n) is 4.73. The van der Waals surface area contributed by atoms with Crippen LogP contribution in [0.5, 0.6) is 0 Å². The Labute approximate surface area is 107 Å². The molecular weight excluding hydrogens is 240 g/mol. The monoisotopic (exact) mass is 256 g/mol. The number of nitrogens with zero attached hydrogens (tertiary/aromatic N) is 1. The minimum absolute atomic E-state index is 0. The number of amides is 1. The van der Waals surface area contributed by atoms with Crippen LogP contribution in [0, 0.1) is 11.8 Å². The van der Waals surface area contributed by atoms with Crippen molar-refractivity contribution in [3.05, 3.63) is 24.2 Å². The average molecular weight is 257 g/mol. The molecule has 0 spiro atoms. The van der Waals surface area contributed by atoms with Gasteiger partial charge >= 0.3 is 0 Å². The Morgan fingerprint density at radius 1 is 1.41 bits per heavy atom. The molecular formula is C12H17ClN2O2. The van der Waals surface area contributed by atoms with Crippen molar-refractivity contribution < 1.29 is 9.21 Å². The van der Waals surface area contributed by atoms with Gasteiger partial charge in [0.2, 0.25) is 0 Å². The van der Waals surface area contributed by atoms with Crippen LogP contribution in [0.25, 0.3) is 0 Å². The highest BCUT2D eigenvalue weighted by Crippen LogP contribution is 2.27. The fourth-order valence-corrected chi connectivity index (χ4v) is 2.79. The van der Waals surface area contributed by atoms with Gasteiger partial charge in [-0.1, -0.05) is 0 Å². The zero-order chi connectivity index (χ0) is 11.0. The molecule has 17 heavy (non-hydrogen) atoms. The first-order valence-electron chi connectivity index (χ1n) is 5.87. The summed E-state index contributed by atoms with van der Waals surface area (Å²) in [5, 5.41) is 3.40. The lowest BCUT2D eigenvalue weighted by Gasteiger charge is -2.34. The lowest BCUT2D eigenvalue weighted by Crippen LogP contribution is -2.43. The number of halogens is 1. The van der Waals surface area contributed by atoms with Crippen molar-refractivity contribution >= 4 is 18.3 Å². The maximum Gasteiger partial charge on any atom is 0.257 e. The lowest BCUT2D eigenvalue weighted by molar-refractivity contribution is 0.0642. The smallest absolute Gasteiger partial charge is 0.257 e. The fourth-order valence-electron chi connectivity index (χ4n) is 2.79. The summed E-state index contributed by atoms with van der Waals surface area (Å²) in [5.41, 5.74) is 0.671. The van der Waals surface area contributed by atoms with Crippen molar-refractivity contribution in [1.29, 1.82) is 0 Å². The maximum absolute atomic E-state index is 12.1. The summed E-state index contributed by atoms with van der Waals surface area (Å²) >= 11 is 0. The number of furan rings is 1. The number of likely N-dealkylation sites (tertiary alicyclic amines) is 1. The van der Waals surface area contributed by atoms with Gasteiger partial charge in [0.05, 0.1) is 11.8 Å². The topological polar surface area (TPSA) is 45.5 Å². The average Bonchev–Trinajstić information content (AvgIpc) is 2.98. The molecule has 0 aromatic carbocycles. The van der Waals surface area contributed by atoms with Crippen LogP contribution in [0.2, 0.25) is 0 Å². The standard InChI is InChI=1S/C12H16N2O2.ClH/c15-12(10-2-4-16-8-10)14-3-1-9-5-13-6-11(9)7-14;/h2,4,8-9,11,13H,1,3,5-7H2;1H. The number of fused-ring (bicyclic) bond motifs is 1. The maximum atomic E-state index is 12.1. The van der Waals surface area contributed by atoms with E-state index in [1.807, 2.05) is 4.90 Å². The lowest BCUT2D eigenvalue weighted by atomic mass is 9.88. The van der Waals surface area contributed by atoms with E-state index in [1.54, 1.807) is 12.3 Å². The van der Waals surface area contributed by atoms with Gasteiger partial charge in [0.15, 0.2) is 0 Å². The van der Waals surface area contributed by atoms with Crippen molar-refractivity contribution in [3.8, 4) is 0 Å². The molecule has 2 atom stereocenters. The van der Waals surface area contributed by atoms with Crippen LogP contribution in [-0.2, 0) is 0 Å². The first-order valence-corrected chi connectivity index (χ1v) is 5.87. The van der Waals surface area contributed by atoms with Crippen LogP contribution < -0.4 is 5.32 Å². The van der Waals surface area contributed by atoms with Gasteiger partial charge < -0.3 is 14.6 Å². The van der Waals surface area contributed by atoms with Crippen molar-refractivity contribution in [1.82, 2.24) is 10.2 Å². The summed E-state index contributed by atoms with van der Waals surface area (Å²) in [4.78, 5) is 14.1. The van der Waals surface area contributed by atoms with Gasteiger partial charge in [-0.2, -0.15) is 0 Å². The molecule has 1 amide bonds. The Bertz CT molecular complexity index is 380. The van der Waals surface area contributed by atoms with Crippen LogP contribution in [-0.4, -0.2) is 37.0 Å². The second-order valence-corrected chi connectivity index (χ2v) is 4.73. The molecule has 5 heteroatoms. The van der Waals surface area contributed by atoms with Crippen LogP contribution in [0.15, 0.2) is 23.0 Å². The van der Waals surface area contributed by atoms with Gasteiger partial charge in [0, 0.05) is 13.1 Å². The first kappa shape index (κ1) is 12.5. The quantitative estimate of drug-likeness (QED) is 0.826. The SMILES string of the molecule is Cl.O=C(c1ccoc1)N1CCC2CNCC2C1. The highest BCUT2D eigenvalue weighted by atomic mass is 35.5. The minimum Gasteiger partial charge on any atom is -0.472 e. The third kappa shape index (κ3) is 2.33. The van der Waals surface area contributed by atoms with E-state index in [9.17, 15) is 4.79 Å². The van der Waals surface area contributed by atoms with Crippen molar-refractivity contribution in [2.24, 2.45) is 11.8 Å². The molecule has 1 N–H and O–H groups in total. The number of rotatable bonds is 1.